The Bertz CT molecular complexity index is 655. The van der Waals surface area contributed by atoms with Gasteiger partial charge in [0.05, 0.1) is 12.5 Å². The number of fused-ring (bicyclic) bond motifs is 2. The average molecular weight is 285 g/mol. The highest BCUT2D eigenvalue weighted by atomic mass is 16.5. The summed E-state index contributed by atoms with van der Waals surface area (Å²) in [7, 11) is 0. The van der Waals surface area contributed by atoms with Crippen molar-refractivity contribution in [2.45, 2.75) is 58.5 Å². The van der Waals surface area contributed by atoms with Gasteiger partial charge in [-0.25, -0.2) is 0 Å². The number of nitrogens with one attached hydrogen (secondary N) is 1. The predicted molar refractivity (Wildman–Crippen MR) is 84.5 cm³/mol. The molecular weight excluding hydrogens is 262 g/mol. The molecule has 0 saturated carbocycles. The van der Waals surface area contributed by atoms with E-state index in [4.69, 9.17) is 4.74 Å². The van der Waals surface area contributed by atoms with Crippen LogP contribution in [0.5, 0.6) is 0 Å². The first-order valence-electron chi connectivity index (χ1n) is 7.94. The second-order valence-corrected chi connectivity index (χ2v) is 6.26. The Balaban J connectivity index is 1.90. The van der Waals surface area contributed by atoms with Crippen molar-refractivity contribution in [3.8, 4) is 0 Å². The van der Waals surface area contributed by atoms with E-state index in [1.54, 1.807) is 0 Å². The SMILES string of the molecule is CC(C)OC(=O)Cc1c[nH]c2cc3c(cc12)CCCCC3. The molecule has 3 heteroatoms. The van der Waals surface area contributed by atoms with Gasteiger partial charge in [0, 0.05) is 17.1 Å². The number of aromatic nitrogens is 1. The van der Waals surface area contributed by atoms with E-state index in [0.29, 0.717) is 6.42 Å². The molecule has 1 aliphatic rings. The fraction of sp³-hybridized carbons (Fsp3) is 0.500. The quantitative estimate of drug-likeness (QED) is 0.686. The molecule has 0 atom stereocenters. The summed E-state index contributed by atoms with van der Waals surface area (Å²) in [6, 6.07) is 4.55. The van der Waals surface area contributed by atoms with Gasteiger partial charge in [0.2, 0.25) is 0 Å². The zero-order chi connectivity index (χ0) is 14.8. The Morgan fingerprint density at radius 3 is 2.62 bits per heavy atom. The summed E-state index contributed by atoms with van der Waals surface area (Å²) in [5.74, 6) is -0.152. The van der Waals surface area contributed by atoms with Crippen molar-refractivity contribution in [1.82, 2.24) is 4.98 Å². The van der Waals surface area contributed by atoms with Crippen molar-refractivity contribution in [3.63, 3.8) is 0 Å². The van der Waals surface area contributed by atoms with Crippen LogP contribution < -0.4 is 0 Å². The first-order valence-corrected chi connectivity index (χ1v) is 7.94. The van der Waals surface area contributed by atoms with Crippen molar-refractivity contribution in [3.05, 3.63) is 35.0 Å². The molecule has 3 rings (SSSR count). The van der Waals surface area contributed by atoms with Crippen molar-refractivity contribution in [2.24, 2.45) is 0 Å². The van der Waals surface area contributed by atoms with Crippen LogP contribution in [0.4, 0.5) is 0 Å². The van der Waals surface area contributed by atoms with Gasteiger partial charge in [0.1, 0.15) is 0 Å². The third-order valence-corrected chi connectivity index (χ3v) is 4.18. The number of carbonyl (C=O) groups is 1. The summed E-state index contributed by atoms with van der Waals surface area (Å²) in [6.45, 7) is 3.76. The molecule has 0 aliphatic heterocycles. The highest BCUT2D eigenvalue weighted by molar-refractivity contribution is 5.88. The third-order valence-electron chi connectivity index (χ3n) is 4.18. The molecule has 1 aromatic carbocycles. The summed E-state index contributed by atoms with van der Waals surface area (Å²) in [5, 5.41) is 1.18. The highest BCUT2D eigenvalue weighted by Gasteiger charge is 2.15. The fourth-order valence-electron chi connectivity index (χ4n) is 3.20. The maximum absolute atomic E-state index is 11.9. The lowest BCUT2D eigenvalue weighted by atomic mass is 9.99. The Kier molecular flexibility index (Phi) is 4.00. The van der Waals surface area contributed by atoms with Crippen LogP contribution in [-0.2, 0) is 28.8 Å². The number of aromatic amines is 1. The Morgan fingerprint density at radius 2 is 1.90 bits per heavy atom. The first-order chi connectivity index (χ1) is 10.1. The minimum atomic E-state index is -0.152. The van der Waals surface area contributed by atoms with Gasteiger partial charge in [-0.15, -0.1) is 0 Å². The molecule has 21 heavy (non-hydrogen) atoms. The average Bonchev–Trinajstić information content (AvgIpc) is 2.66. The standard InChI is InChI=1S/C18H23NO2/c1-12(2)21-18(20)10-15-11-19-17-9-14-7-5-3-4-6-13(14)8-16(15)17/h8-9,11-12,19H,3-7,10H2,1-2H3. The van der Waals surface area contributed by atoms with Crippen LogP contribution in [0.25, 0.3) is 10.9 Å². The number of carbonyl (C=O) groups excluding carboxylic acids is 1. The minimum absolute atomic E-state index is 0.0565. The van der Waals surface area contributed by atoms with E-state index in [0.717, 1.165) is 17.5 Å². The first kappa shape index (κ1) is 14.2. The molecular formula is C18H23NO2. The second kappa shape index (κ2) is 5.92. The number of aryl methyl sites for hydroxylation is 2. The maximum Gasteiger partial charge on any atom is 0.310 e. The van der Waals surface area contributed by atoms with Crippen molar-refractivity contribution >= 4 is 16.9 Å². The molecule has 0 amide bonds. The van der Waals surface area contributed by atoms with E-state index >= 15 is 0 Å². The summed E-state index contributed by atoms with van der Waals surface area (Å²) < 4.78 is 5.25. The van der Waals surface area contributed by atoms with Gasteiger partial charge in [-0.05, 0) is 68.4 Å². The lowest BCUT2D eigenvalue weighted by Crippen LogP contribution is -2.13. The number of benzene rings is 1. The Labute approximate surface area is 125 Å². The van der Waals surface area contributed by atoms with E-state index in [1.165, 1.54) is 42.2 Å². The van der Waals surface area contributed by atoms with E-state index in [-0.39, 0.29) is 12.1 Å². The topological polar surface area (TPSA) is 42.1 Å². The van der Waals surface area contributed by atoms with E-state index in [9.17, 15) is 4.79 Å². The van der Waals surface area contributed by atoms with Gasteiger partial charge in [0.15, 0.2) is 0 Å². The fourth-order valence-corrected chi connectivity index (χ4v) is 3.20. The van der Waals surface area contributed by atoms with Crippen molar-refractivity contribution in [1.29, 1.82) is 0 Å². The van der Waals surface area contributed by atoms with Gasteiger partial charge >= 0.3 is 5.97 Å². The molecule has 0 radical (unpaired) electrons. The van der Waals surface area contributed by atoms with Gasteiger partial charge < -0.3 is 9.72 Å². The van der Waals surface area contributed by atoms with E-state index in [1.807, 2.05) is 20.0 Å². The lowest BCUT2D eigenvalue weighted by molar-refractivity contribution is -0.146. The highest BCUT2D eigenvalue weighted by Crippen LogP contribution is 2.28. The van der Waals surface area contributed by atoms with Crippen LogP contribution in [0, 0.1) is 0 Å². The zero-order valence-corrected chi connectivity index (χ0v) is 12.9. The summed E-state index contributed by atoms with van der Waals surface area (Å²) in [6.07, 6.45) is 8.44. The van der Waals surface area contributed by atoms with E-state index < -0.39 is 0 Å². The molecule has 1 aromatic heterocycles. The normalized spacial score (nSPS) is 15.0. The van der Waals surface area contributed by atoms with Crippen LogP contribution in [0.1, 0.15) is 49.8 Å². The van der Waals surface area contributed by atoms with Gasteiger partial charge in [-0.1, -0.05) is 6.42 Å². The smallest absolute Gasteiger partial charge is 0.310 e. The monoisotopic (exact) mass is 285 g/mol. The second-order valence-electron chi connectivity index (χ2n) is 6.26. The van der Waals surface area contributed by atoms with E-state index in [2.05, 4.69) is 17.1 Å². The molecule has 0 unspecified atom stereocenters. The summed E-state index contributed by atoms with van der Waals surface area (Å²) >= 11 is 0. The van der Waals surface area contributed by atoms with Crippen LogP contribution in [-0.4, -0.2) is 17.1 Å². The number of ether oxygens (including phenoxy) is 1. The van der Waals surface area contributed by atoms with Crippen LogP contribution in [0.2, 0.25) is 0 Å². The van der Waals surface area contributed by atoms with Crippen LogP contribution in [0.3, 0.4) is 0 Å². The molecule has 1 aliphatic carbocycles. The number of hydrogen-bond acceptors (Lipinski definition) is 2. The molecule has 0 saturated heterocycles. The summed E-state index contributed by atoms with van der Waals surface area (Å²) in [4.78, 5) is 15.2. The Hall–Kier alpha value is -1.77. The predicted octanol–water partition coefficient (Wildman–Crippen LogP) is 3.93. The van der Waals surface area contributed by atoms with Crippen LogP contribution >= 0.6 is 0 Å². The molecule has 1 N–H and O–H groups in total. The Morgan fingerprint density at radius 1 is 1.19 bits per heavy atom. The zero-order valence-electron chi connectivity index (χ0n) is 12.9. The molecule has 1 heterocycles. The van der Waals surface area contributed by atoms with Crippen LogP contribution in [0.15, 0.2) is 18.3 Å². The number of H-pyrrole nitrogens is 1. The summed E-state index contributed by atoms with van der Waals surface area (Å²) in [5.41, 5.74) is 5.11. The number of rotatable bonds is 3. The van der Waals surface area contributed by atoms with Gasteiger partial charge in [0.25, 0.3) is 0 Å². The molecule has 0 bridgehead atoms. The molecule has 112 valence electrons. The molecule has 0 fully saturated rings. The number of hydrogen-bond donors (Lipinski definition) is 1. The molecule has 0 spiro atoms. The minimum Gasteiger partial charge on any atom is -0.463 e. The maximum atomic E-state index is 11.9. The van der Waals surface area contributed by atoms with Crippen molar-refractivity contribution in [2.75, 3.05) is 0 Å². The molecule has 3 nitrogen and oxygen atoms in total. The molecule has 2 aromatic rings. The van der Waals surface area contributed by atoms with Gasteiger partial charge in [-0.2, -0.15) is 0 Å². The third kappa shape index (κ3) is 3.12. The largest absolute Gasteiger partial charge is 0.463 e. The van der Waals surface area contributed by atoms with Crippen molar-refractivity contribution < 1.29 is 9.53 Å². The lowest BCUT2D eigenvalue weighted by Gasteiger charge is -2.08. The number of esters is 1. The van der Waals surface area contributed by atoms with Gasteiger partial charge in [-0.3, -0.25) is 4.79 Å².